The summed E-state index contributed by atoms with van der Waals surface area (Å²) in [5.41, 5.74) is 0.808. The van der Waals surface area contributed by atoms with Crippen molar-refractivity contribution in [2.75, 3.05) is 19.8 Å². The van der Waals surface area contributed by atoms with Gasteiger partial charge < -0.3 is 14.2 Å². The second kappa shape index (κ2) is 3.80. The molecule has 0 fully saturated rings. The van der Waals surface area contributed by atoms with Crippen molar-refractivity contribution in [1.82, 2.24) is 0 Å². The van der Waals surface area contributed by atoms with Gasteiger partial charge in [-0.3, -0.25) is 10.1 Å². The van der Waals surface area contributed by atoms with E-state index in [-0.39, 0.29) is 11.5 Å². The van der Waals surface area contributed by atoms with Gasteiger partial charge in [0.15, 0.2) is 18.1 Å². The number of rotatable bonds is 1. The van der Waals surface area contributed by atoms with Crippen LogP contribution < -0.4 is 14.2 Å². The van der Waals surface area contributed by atoms with Crippen LogP contribution in [0, 0.1) is 10.1 Å². The van der Waals surface area contributed by atoms with Crippen LogP contribution in [0.15, 0.2) is 12.1 Å². The molecule has 6 nitrogen and oxygen atoms in total. The molecular weight excluding hydrogens is 226 g/mol. The van der Waals surface area contributed by atoms with Crippen LogP contribution in [0.4, 0.5) is 0 Å². The Morgan fingerprint density at radius 3 is 2.53 bits per heavy atom. The summed E-state index contributed by atoms with van der Waals surface area (Å²) in [5, 5.41) is 10.7. The summed E-state index contributed by atoms with van der Waals surface area (Å²) in [6.45, 7) is 1.13. The van der Waals surface area contributed by atoms with Gasteiger partial charge in [-0.2, -0.15) is 0 Å². The Kier molecular flexibility index (Phi) is 2.28. The van der Waals surface area contributed by atoms with Gasteiger partial charge in [0.1, 0.15) is 19.0 Å². The Hall–Kier alpha value is -1.98. The number of hydrogen-bond donors (Lipinski definition) is 0. The summed E-state index contributed by atoms with van der Waals surface area (Å²) in [6.07, 6.45) is 0.374. The zero-order valence-corrected chi connectivity index (χ0v) is 9.05. The molecule has 0 saturated heterocycles. The second-order valence-corrected chi connectivity index (χ2v) is 4.06. The van der Waals surface area contributed by atoms with E-state index in [4.69, 9.17) is 14.2 Å². The SMILES string of the molecule is O=[N+]([O-])C1COc2cc3c(cc2C1)OCCO3. The molecule has 1 unspecified atom stereocenters. The maximum atomic E-state index is 10.7. The Bertz CT molecular complexity index is 473. The van der Waals surface area contributed by atoms with Crippen molar-refractivity contribution in [3.8, 4) is 17.2 Å². The van der Waals surface area contributed by atoms with Crippen molar-refractivity contribution in [2.45, 2.75) is 12.5 Å². The minimum absolute atomic E-state index is 0.111. The Morgan fingerprint density at radius 1 is 1.12 bits per heavy atom. The Morgan fingerprint density at radius 2 is 1.82 bits per heavy atom. The van der Waals surface area contributed by atoms with Crippen LogP contribution in [-0.4, -0.2) is 30.8 Å². The van der Waals surface area contributed by atoms with Crippen LogP contribution in [0.1, 0.15) is 5.56 Å². The first-order chi connectivity index (χ1) is 8.24. The average Bonchev–Trinajstić information content (AvgIpc) is 2.35. The summed E-state index contributed by atoms with van der Waals surface area (Å²) >= 11 is 0. The highest BCUT2D eigenvalue weighted by atomic mass is 16.6. The first kappa shape index (κ1) is 10.2. The molecule has 6 heteroatoms. The van der Waals surface area contributed by atoms with Gasteiger partial charge in [0, 0.05) is 23.0 Å². The first-order valence-corrected chi connectivity index (χ1v) is 5.43. The summed E-state index contributed by atoms with van der Waals surface area (Å²) in [6, 6.07) is 2.85. The minimum atomic E-state index is -0.676. The van der Waals surface area contributed by atoms with Gasteiger partial charge in [0.2, 0.25) is 0 Å². The molecular formula is C11H11NO5. The van der Waals surface area contributed by atoms with E-state index in [1.165, 1.54) is 0 Å². The van der Waals surface area contributed by atoms with Crippen LogP contribution in [0.25, 0.3) is 0 Å². The predicted molar refractivity (Wildman–Crippen MR) is 57.4 cm³/mol. The lowest BCUT2D eigenvalue weighted by Gasteiger charge is -2.24. The van der Waals surface area contributed by atoms with Gasteiger partial charge in [0.25, 0.3) is 6.04 Å². The van der Waals surface area contributed by atoms with E-state index in [0.29, 0.717) is 36.9 Å². The summed E-state index contributed by atoms with van der Waals surface area (Å²) in [7, 11) is 0. The molecule has 0 spiro atoms. The fourth-order valence-electron chi connectivity index (χ4n) is 2.04. The average molecular weight is 237 g/mol. The molecule has 0 bridgehead atoms. The van der Waals surface area contributed by atoms with E-state index in [0.717, 1.165) is 5.56 Å². The van der Waals surface area contributed by atoms with Gasteiger partial charge in [-0.05, 0) is 6.07 Å². The highest BCUT2D eigenvalue weighted by Crippen LogP contribution is 2.38. The van der Waals surface area contributed by atoms with Gasteiger partial charge in [-0.1, -0.05) is 0 Å². The van der Waals surface area contributed by atoms with Crippen molar-refractivity contribution in [1.29, 1.82) is 0 Å². The second-order valence-electron chi connectivity index (χ2n) is 4.06. The number of nitrogens with zero attached hydrogens (tertiary/aromatic N) is 1. The lowest BCUT2D eigenvalue weighted by Crippen LogP contribution is -2.33. The standard InChI is InChI=1S/C11H11NO5/c13-12(14)8-3-7-4-10-11(16-2-1-15-10)5-9(7)17-6-8/h4-5,8H,1-3,6H2. The summed E-state index contributed by atoms with van der Waals surface area (Å²) in [5.74, 6) is 1.95. The van der Waals surface area contributed by atoms with Crippen molar-refractivity contribution in [2.24, 2.45) is 0 Å². The highest BCUT2D eigenvalue weighted by Gasteiger charge is 2.30. The molecule has 2 aliphatic heterocycles. The van der Waals surface area contributed by atoms with Crippen LogP contribution in [0.5, 0.6) is 17.2 Å². The number of hydrogen-bond acceptors (Lipinski definition) is 5. The van der Waals surface area contributed by atoms with E-state index in [1.807, 2.05) is 0 Å². The van der Waals surface area contributed by atoms with Gasteiger partial charge in [-0.15, -0.1) is 0 Å². The van der Waals surface area contributed by atoms with Crippen LogP contribution in [-0.2, 0) is 6.42 Å². The third-order valence-corrected chi connectivity index (χ3v) is 2.91. The van der Waals surface area contributed by atoms with Gasteiger partial charge in [-0.25, -0.2) is 0 Å². The molecule has 1 aromatic carbocycles. The predicted octanol–water partition coefficient (Wildman–Crippen LogP) is 1.04. The third-order valence-electron chi connectivity index (χ3n) is 2.91. The summed E-state index contributed by atoms with van der Waals surface area (Å²) in [4.78, 5) is 10.4. The van der Waals surface area contributed by atoms with Crippen molar-refractivity contribution in [3.63, 3.8) is 0 Å². The molecule has 2 heterocycles. The maximum absolute atomic E-state index is 10.7. The molecule has 0 radical (unpaired) electrons. The molecule has 0 amide bonds. The zero-order chi connectivity index (χ0) is 11.8. The van der Waals surface area contributed by atoms with E-state index in [9.17, 15) is 10.1 Å². The molecule has 0 N–H and O–H groups in total. The minimum Gasteiger partial charge on any atom is -0.486 e. The number of nitro groups is 1. The number of ether oxygens (including phenoxy) is 3. The summed E-state index contributed by atoms with van der Waals surface area (Å²) < 4.78 is 16.2. The topological polar surface area (TPSA) is 70.8 Å². The highest BCUT2D eigenvalue weighted by molar-refractivity contribution is 5.52. The van der Waals surface area contributed by atoms with E-state index in [2.05, 4.69) is 0 Å². The molecule has 90 valence electrons. The van der Waals surface area contributed by atoms with Crippen molar-refractivity contribution >= 4 is 0 Å². The number of fused-ring (bicyclic) bond motifs is 2. The third kappa shape index (κ3) is 1.75. The van der Waals surface area contributed by atoms with E-state index < -0.39 is 6.04 Å². The first-order valence-electron chi connectivity index (χ1n) is 5.43. The van der Waals surface area contributed by atoms with Crippen LogP contribution in [0.3, 0.4) is 0 Å². The molecule has 1 aromatic rings. The largest absolute Gasteiger partial charge is 0.486 e. The Balaban J connectivity index is 1.94. The fourth-order valence-corrected chi connectivity index (χ4v) is 2.04. The molecule has 3 rings (SSSR count). The smallest absolute Gasteiger partial charge is 0.250 e. The zero-order valence-electron chi connectivity index (χ0n) is 9.05. The number of benzene rings is 1. The molecule has 17 heavy (non-hydrogen) atoms. The lowest BCUT2D eigenvalue weighted by molar-refractivity contribution is -0.525. The lowest BCUT2D eigenvalue weighted by atomic mass is 10.0. The monoisotopic (exact) mass is 237 g/mol. The van der Waals surface area contributed by atoms with E-state index in [1.54, 1.807) is 12.1 Å². The van der Waals surface area contributed by atoms with Gasteiger partial charge in [0.05, 0.1) is 0 Å². The van der Waals surface area contributed by atoms with E-state index >= 15 is 0 Å². The molecule has 0 saturated carbocycles. The normalized spacial score (nSPS) is 21.3. The van der Waals surface area contributed by atoms with Crippen LogP contribution >= 0.6 is 0 Å². The molecule has 1 atom stereocenters. The maximum Gasteiger partial charge on any atom is 0.250 e. The quantitative estimate of drug-likeness (QED) is 0.539. The van der Waals surface area contributed by atoms with Crippen molar-refractivity contribution < 1.29 is 19.1 Å². The van der Waals surface area contributed by atoms with Gasteiger partial charge >= 0.3 is 0 Å². The van der Waals surface area contributed by atoms with Crippen LogP contribution in [0.2, 0.25) is 0 Å². The molecule has 0 aliphatic carbocycles. The Labute approximate surface area is 97.2 Å². The van der Waals surface area contributed by atoms with Crippen molar-refractivity contribution in [3.05, 3.63) is 27.8 Å². The fraction of sp³-hybridized carbons (Fsp3) is 0.455. The molecule has 2 aliphatic rings. The molecule has 0 aromatic heterocycles.